The quantitative estimate of drug-likeness (QED) is 0.683. The van der Waals surface area contributed by atoms with E-state index in [0.717, 1.165) is 25.2 Å². The summed E-state index contributed by atoms with van der Waals surface area (Å²) in [5.41, 5.74) is 2.17. The van der Waals surface area contributed by atoms with Crippen LogP contribution in [-0.4, -0.2) is 17.3 Å². The molecule has 16 heavy (non-hydrogen) atoms. The van der Waals surface area contributed by atoms with Gasteiger partial charge in [-0.05, 0) is 30.5 Å². The van der Waals surface area contributed by atoms with Crippen LogP contribution >= 0.6 is 23.2 Å². The van der Waals surface area contributed by atoms with Crippen molar-refractivity contribution in [1.29, 1.82) is 0 Å². The van der Waals surface area contributed by atoms with Gasteiger partial charge in [0.05, 0.1) is 15.7 Å². The number of halogens is 2. The largest absolute Gasteiger partial charge is 0.356 e. The van der Waals surface area contributed by atoms with Crippen LogP contribution in [-0.2, 0) is 6.54 Å². The van der Waals surface area contributed by atoms with E-state index in [0.29, 0.717) is 10.0 Å². The second-order valence-electron chi connectivity index (χ2n) is 4.30. The molecule has 2 aliphatic heterocycles. The lowest BCUT2D eigenvalue weighted by molar-refractivity contribution is 0.359. The third-order valence-corrected chi connectivity index (χ3v) is 3.90. The first-order chi connectivity index (χ1) is 7.74. The van der Waals surface area contributed by atoms with E-state index in [-0.39, 0.29) is 0 Å². The maximum Gasteiger partial charge on any atom is 0.105 e. The molecule has 3 rings (SSSR count). The molecule has 0 radical (unpaired) electrons. The van der Waals surface area contributed by atoms with E-state index in [2.05, 4.69) is 9.89 Å². The lowest BCUT2D eigenvalue weighted by Crippen LogP contribution is -2.36. The molecule has 0 bridgehead atoms. The SMILES string of the molecule is Clc1cc2c(cc1Cl)N=C1CCCCN1C2. The fraction of sp³-hybridized carbons (Fsp3) is 0.417. The Kier molecular flexibility index (Phi) is 2.56. The first-order valence-electron chi connectivity index (χ1n) is 5.54. The Morgan fingerprint density at radius 2 is 1.94 bits per heavy atom. The van der Waals surface area contributed by atoms with Gasteiger partial charge < -0.3 is 4.90 Å². The van der Waals surface area contributed by atoms with Crippen LogP contribution in [0.25, 0.3) is 0 Å². The summed E-state index contributed by atoms with van der Waals surface area (Å²) in [5, 5.41) is 1.21. The highest BCUT2D eigenvalue weighted by molar-refractivity contribution is 6.42. The number of nitrogens with zero attached hydrogens (tertiary/aromatic N) is 2. The van der Waals surface area contributed by atoms with E-state index in [1.807, 2.05) is 12.1 Å². The molecule has 2 aliphatic rings. The lowest BCUT2D eigenvalue weighted by Gasteiger charge is -2.34. The molecule has 0 saturated carbocycles. The molecule has 0 aliphatic carbocycles. The van der Waals surface area contributed by atoms with E-state index in [9.17, 15) is 0 Å². The predicted octanol–water partition coefficient (Wildman–Crippen LogP) is 4.02. The Hall–Kier alpha value is -0.730. The summed E-state index contributed by atoms with van der Waals surface area (Å²) < 4.78 is 0. The van der Waals surface area contributed by atoms with Crippen molar-refractivity contribution in [3.8, 4) is 0 Å². The first-order valence-corrected chi connectivity index (χ1v) is 6.30. The van der Waals surface area contributed by atoms with Gasteiger partial charge in [-0.2, -0.15) is 0 Å². The third-order valence-electron chi connectivity index (χ3n) is 3.18. The highest BCUT2D eigenvalue weighted by Gasteiger charge is 2.22. The molecule has 1 fully saturated rings. The minimum absolute atomic E-state index is 0.592. The Labute approximate surface area is 105 Å². The van der Waals surface area contributed by atoms with Crippen LogP contribution in [0.5, 0.6) is 0 Å². The van der Waals surface area contributed by atoms with Gasteiger partial charge in [0.25, 0.3) is 0 Å². The molecule has 0 atom stereocenters. The Morgan fingerprint density at radius 1 is 1.12 bits per heavy atom. The molecular weight excluding hydrogens is 243 g/mol. The molecule has 0 unspecified atom stereocenters. The van der Waals surface area contributed by atoms with Crippen LogP contribution in [0.1, 0.15) is 24.8 Å². The number of rotatable bonds is 0. The van der Waals surface area contributed by atoms with Gasteiger partial charge in [0, 0.05) is 19.5 Å². The highest BCUT2D eigenvalue weighted by atomic mass is 35.5. The van der Waals surface area contributed by atoms with Crippen molar-refractivity contribution < 1.29 is 0 Å². The molecule has 1 aromatic carbocycles. The van der Waals surface area contributed by atoms with Crippen molar-refractivity contribution in [3.63, 3.8) is 0 Å². The molecule has 1 saturated heterocycles. The minimum Gasteiger partial charge on any atom is -0.356 e. The molecule has 2 heterocycles. The summed E-state index contributed by atoms with van der Waals surface area (Å²) >= 11 is 12.0. The molecule has 84 valence electrons. The summed E-state index contributed by atoms with van der Waals surface area (Å²) in [6.07, 6.45) is 3.58. The van der Waals surface area contributed by atoms with Gasteiger partial charge >= 0.3 is 0 Å². The van der Waals surface area contributed by atoms with Crippen LogP contribution in [0.3, 0.4) is 0 Å². The Bertz CT molecular complexity index is 468. The Balaban J connectivity index is 2.06. The van der Waals surface area contributed by atoms with Gasteiger partial charge in [-0.1, -0.05) is 23.2 Å². The van der Waals surface area contributed by atoms with Gasteiger partial charge in [0.2, 0.25) is 0 Å². The zero-order valence-electron chi connectivity index (χ0n) is 8.84. The zero-order chi connectivity index (χ0) is 11.1. The number of fused-ring (bicyclic) bond motifs is 2. The molecule has 0 N–H and O–H groups in total. The van der Waals surface area contributed by atoms with Gasteiger partial charge in [-0.25, -0.2) is 4.99 Å². The van der Waals surface area contributed by atoms with E-state index in [1.165, 1.54) is 24.2 Å². The van der Waals surface area contributed by atoms with E-state index in [4.69, 9.17) is 23.2 Å². The van der Waals surface area contributed by atoms with Crippen molar-refractivity contribution in [2.45, 2.75) is 25.8 Å². The van der Waals surface area contributed by atoms with Gasteiger partial charge in [0.1, 0.15) is 5.84 Å². The van der Waals surface area contributed by atoms with Crippen molar-refractivity contribution in [2.75, 3.05) is 6.54 Å². The average Bonchev–Trinajstić information content (AvgIpc) is 2.28. The fourth-order valence-corrected chi connectivity index (χ4v) is 2.67. The third kappa shape index (κ3) is 1.70. The topological polar surface area (TPSA) is 15.6 Å². The summed E-state index contributed by atoms with van der Waals surface area (Å²) in [4.78, 5) is 7.01. The van der Waals surface area contributed by atoms with Gasteiger partial charge in [-0.15, -0.1) is 0 Å². The van der Waals surface area contributed by atoms with Crippen LogP contribution < -0.4 is 0 Å². The average molecular weight is 255 g/mol. The number of hydrogen-bond acceptors (Lipinski definition) is 2. The minimum atomic E-state index is 0.592. The van der Waals surface area contributed by atoms with Crippen LogP contribution in [0.2, 0.25) is 10.0 Å². The van der Waals surface area contributed by atoms with E-state index >= 15 is 0 Å². The van der Waals surface area contributed by atoms with Crippen molar-refractivity contribution in [3.05, 3.63) is 27.7 Å². The molecule has 0 amide bonds. The maximum atomic E-state index is 6.02. The number of aliphatic imine (C=N–C) groups is 1. The summed E-state index contributed by atoms with van der Waals surface area (Å²) in [7, 11) is 0. The van der Waals surface area contributed by atoms with Gasteiger partial charge in [0.15, 0.2) is 0 Å². The molecule has 0 aromatic heterocycles. The lowest BCUT2D eigenvalue weighted by atomic mass is 10.0. The monoisotopic (exact) mass is 254 g/mol. The summed E-state index contributed by atoms with van der Waals surface area (Å²) in [5.74, 6) is 1.21. The van der Waals surface area contributed by atoms with Crippen molar-refractivity contribution in [2.24, 2.45) is 4.99 Å². The van der Waals surface area contributed by atoms with Crippen LogP contribution in [0.4, 0.5) is 5.69 Å². The van der Waals surface area contributed by atoms with E-state index in [1.54, 1.807) is 0 Å². The molecule has 2 nitrogen and oxygen atoms in total. The number of piperidine rings is 1. The number of benzene rings is 1. The maximum absolute atomic E-state index is 6.02. The molecular formula is C12H12Cl2N2. The summed E-state index contributed by atoms with van der Waals surface area (Å²) in [6, 6.07) is 3.81. The second kappa shape index (κ2) is 3.94. The number of amidine groups is 1. The predicted molar refractivity (Wildman–Crippen MR) is 67.8 cm³/mol. The normalized spacial score (nSPS) is 18.9. The van der Waals surface area contributed by atoms with Crippen molar-refractivity contribution in [1.82, 2.24) is 4.90 Å². The van der Waals surface area contributed by atoms with Crippen LogP contribution in [0.15, 0.2) is 17.1 Å². The van der Waals surface area contributed by atoms with Gasteiger partial charge in [-0.3, -0.25) is 0 Å². The molecule has 1 aromatic rings. The standard InChI is InChI=1S/C12H12Cl2N2/c13-9-5-8-7-16-4-2-1-3-12(16)15-11(8)6-10(9)14/h5-6H,1-4,7H2. The van der Waals surface area contributed by atoms with E-state index < -0.39 is 0 Å². The second-order valence-corrected chi connectivity index (χ2v) is 5.12. The zero-order valence-corrected chi connectivity index (χ0v) is 10.4. The smallest absolute Gasteiger partial charge is 0.105 e. The van der Waals surface area contributed by atoms with Crippen LogP contribution in [0, 0.1) is 0 Å². The Morgan fingerprint density at radius 3 is 2.81 bits per heavy atom. The molecule has 4 heteroatoms. The molecule has 0 spiro atoms. The fourth-order valence-electron chi connectivity index (χ4n) is 2.32. The highest BCUT2D eigenvalue weighted by Crippen LogP contribution is 2.35. The van der Waals surface area contributed by atoms with Crippen molar-refractivity contribution >= 4 is 34.7 Å². The summed E-state index contributed by atoms with van der Waals surface area (Å²) in [6.45, 7) is 2.03. The number of hydrogen-bond donors (Lipinski definition) is 0. The first kappa shape index (κ1) is 10.4.